The van der Waals surface area contributed by atoms with Crippen LogP contribution in [0.25, 0.3) is 16.7 Å². The van der Waals surface area contributed by atoms with Crippen LogP contribution in [0.15, 0.2) is 41.8 Å². The molecular formula is C18H19FN4O2S. The minimum absolute atomic E-state index is 0.263. The van der Waals surface area contributed by atoms with E-state index >= 15 is 0 Å². The molecular weight excluding hydrogens is 355 g/mol. The fourth-order valence-corrected chi connectivity index (χ4v) is 3.22. The molecule has 0 N–H and O–H groups in total. The summed E-state index contributed by atoms with van der Waals surface area (Å²) in [6.45, 7) is 4.27. The Balaban J connectivity index is 1.82. The zero-order valence-electron chi connectivity index (χ0n) is 14.6. The van der Waals surface area contributed by atoms with Crippen LogP contribution < -0.4 is 0 Å². The third-order valence-electron chi connectivity index (χ3n) is 3.76. The first-order valence-electron chi connectivity index (χ1n) is 8.38. The molecule has 0 saturated carbocycles. The number of hydrogen-bond donors (Lipinski definition) is 0. The molecule has 0 saturated heterocycles. The van der Waals surface area contributed by atoms with Crippen molar-refractivity contribution in [1.82, 2.24) is 19.7 Å². The molecule has 0 aliphatic heterocycles. The Kier molecular flexibility index (Phi) is 5.82. The van der Waals surface area contributed by atoms with Crippen LogP contribution in [0.2, 0.25) is 0 Å². The Morgan fingerprint density at radius 2 is 2.08 bits per heavy atom. The maximum Gasteiger partial charge on any atom is 0.319 e. The molecule has 8 heteroatoms. The molecule has 2 aromatic heterocycles. The van der Waals surface area contributed by atoms with Crippen LogP contribution in [0.4, 0.5) is 4.39 Å². The standard InChI is InChI=1S/C18H19FN4O2S/c1-3-4-9-25-18(24)12(2)26-17-15-10-22-23(16(15)20-11-21-17)14-7-5-13(19)6-8-14/h5-8,10-12H,3-4,9H2,1-2H3. The first-order valence-corrected chi connectivity index (χ1v) is 9.26. The van der Waals surface area contributed by atoms with Crippen molar-refractivity contribution < 1.29 is 13.9 Å². The zero-order valence-corrected chi connectivity index (χ0v) is 15.4. The van der Waals surface area contributed by atoms with Gasteiger partial charge in [-0.2, -0.15) is 5.10 Å². The highest BCUT2D eigenvalue weighted by Gasteiger charge is 2.19. The predicted molar refractivity (Wildman–Crippen MR) is 97.8 cm³/mol. The molecule has 0 fully saturated rings. The second-order valence-corrected chi connectivity index (χ2v) is 7.06. The molecule has 0 radical (unpaired) electrons. The Hall–Kier alpha value is -2.48. The van der Waals surface area contributed by atoms with Crippen LogP contribution in [0, 0.1) is 5.82 Å². The van der Waals surface area contributed by atoms with Crippen molar-refractivity contribution in [2.24, 2.45) is 0 Å². The number of ether oxygens (including phenoxy) is 1. The summed E-state index contributed by atoms with van der Waals surface area (Å²) in [5.41, 5.74) is 1.30. The van der Waals surface area contributed by atoms with Gasteiger partial charge < -0.3 is 4.74 Å². The van der Waals surface area contributed by atoms with E-state index < -0.39 is 0 Å². The van der Waals surface area contributed by atoms with Crippen LogP contribution in [0.5, 0.6) is 0 Å². The molecule has 2 heterocycles. The second-order valence-electron chi connectivity index (χ2n) is 5.73. The molecule has 26 heavy (non-hydrogen) atoms. The van der Waals surface area contributed by atoms with Crippen LogP contribution in [0.3, 0.4) is 0 Å². The maximum absolute atomic E-state index is 13.1. The minimum atomic E-state index is -0.390. The highest BCUT2D eigenvalue weighted by molar-refractivity contribution is 8.00. The van der Waals surface area contributed by atoms with E-state index in [0.717, 1.165) is 18.2 Å². The molecule has 3 aromatic rings. The number of hydrogen-bond acceptors (Lipinski definition) is 6. The summed E-state index contributed by atoms with van der Waals surface area (Å²) in [5.74, 6) is -0.576. The summed E-state index contributed by atoms with van der Waals surface area (Å²) in [6, 6.07) is 6.00. The number of rotatable bonds is 7. The molecule has 1 atom stereocenters. The molecule has 1 unspecified atom stereocenters. The molecule has 0 spiro atoms. The number of esters is 1. The van der Waals surface area contributed by atoms with Crippen LogP contribution in [-0.4, -0.2) is 37.6 Å². The summed E-state index contributed by atoms with van der Waals surface area (Å²) in [6.07, 6.45) is 4.91. The van der Waals surface area contributed by atoms with Crippen molar-refractivity contribution in [2.75, 3.05) is 6.61 Å². The van der Waals surface area contributed by atoms with Crippen molar-refractivity contribution in [2.45, 2.75) is 37.0 Å². The van der Waals surface area contributed by atoms with E-state index in [2.05, 4.69) is 15.1 Å². The first kappa shape index (κ1) is 18.3. The summed E-state index contributed by atoms with van der Waals surface area (Å²) < 4.78 is 20.0. The maximum atomic E-state index is 13.1. The molecule has 3 rings (SSSR count). The predicted octanol–water partition coefficient (Wildman–Crippen LogP) is 3.78. The Labute approximate surface area is 154 Å². The number of halogens is 1. The lowest BCUT2D eigenvalue weighted by Gasteiger charge is -2.11. The smallest absolute Gasteiger partial charge is 0.319 e. The van der Waals surface area contributed by atoms with Gasteiger partial charge in [0.1, 0.15) is 22.4 Å². The van der Waals surface area contributed by atoms with Crippen molar-refractivity contribution in [3.63, 3.8) is 0 Å². The fourth-order valence-electron chi connectivity index (χ4n) is 2.34. The number of carbonyl (C=O) groups excluding carboxylic acids is 1. The monoisotopic (exact) mass is 374 g/mol. The van der Waals surface area contributed by atoms with Gasteiger partial charge in [0.25, 0.3) is 0 Å². The molecule has 0 amide bonds. The van der Waals surface area contributed by atoms with Gasteiger partial charge in [0.15, 0.2) is 5.65 Å². The van der Waals surface area contributed by atoms with Gasteiger partial charge in [-0.3, -0.25) is 4.79 Å². The highest BCUT2D eigenvalue weighted by atomic mass is 32.2. The van der Waals surface area contributed by atoms with Crippen LogP contribution in [0.1, 0.15) is 26.7 Å². The Morgan fingerprint density at radius 3 is 2.81 bits per heavy atom. The molecule has 0 aliphatic rings. The third kappa shape index (κ3) is 4.01. The van der Waals surface area contributed by atoms with E-state index in [1.54, 1.807) is 29.9 Å². The number of thioether (sulfide) groups is 1. The summed E-state index contributed by atoms with van der Waals surface area (Å²) in [5, 5.41) is 5.33. The quantitative estimate of drug-likeness (QED) is 0.271. The van der Waals surface area contributed by atoms with Crippen molar-refractivity contribution in [3.05, 3.63) is 42.6 Å². The van der Waals surface area contributed by atoms with Crippen LogP contribution >= 0.6 is 11.8 Å². The van der Waals surface area contributed by atoms with Gasteiger partial charge in [-0.25, -0.2) is 19.0 Å². The summed E-state index contributed by atoms with van der Waals surface area (Å²) >= 11 is 1.31. The second kappa shape index (κ2) is 8.27. The number of fused-ring (bicyclic) bond motifs is 1. The van der Waals surface area contributed by atoms with E-state index in [4.69, 9.17) is 4.74 Å². The van der Waals surface area contributed by atoms with E-state index in [1.165, 1.54) is 30.2 Å². The highest BCUT2D eigenvalue weighted by Crippen LogP contribution is 2.29. The van der Waals surface area contributed by atoms with Gasteiger partial charge >= 0.3 is 5.97 Å². The van der Waals surface area contributed by atoms with Gasteiger partial charge in [0.2, 0.25) is 0 Å². The molecule has 136 valence electrons. The topological polar surface area (TPSA) is 69.9 Å². The Bertz CT molecular complexity index is 898. The van der Waals surface area contributed by atoms with E-state index in [-0.39, 0.29) is 17.0 Å². The Morgan fingerprint density at radius 1 is 1.31 bits per heavy atom. The normalized spacial score (nSPS) is 12.3. The van der Waals surface area contributed by atoms with E-state index in [9.17, 15) is 9.18 Å². The number of nitrogens with zero attached hydrogens (tertiary/aromatic N) is 4. The molecule has 6 nitrogen and oxygen atoms in total. The lowest BCUT2D eigenvalue weighted by atomic mass is 10.3. The van der Waals surface area contributed by atoms with Crippen molar-refractivity contribution in [1.29, 1.82) is 0 Å². The van der Waals surface area contributed by atoms with E-state index in [1.807, 2.05) is 6.92 Å². The number of benzene rings is 1. The zero-order chi connectivity index (χ0) is 18.5. The summed E-state index contributed by atoms with van der Waals surface area (Å²) in [7, 11) is 0. The number of carbonyl (C=O) groups is 1. The van der Waals surface area contributed by atoms with E-state index in [0.29, 0.717) is 23.0 Å². The van der Waals surface area contributed by atoms with Crippen LogP contribution in [-0.2, 0) is 9.53 Å². The molecule has 0 aliphatic carbocycles. The molecule has 0 bridgehead atoms. The average Bonchev–Trinajstić information content (AvgIpc) is 3.07. The molecule has 1 aromatic carbocycles. The third-order valence-corrected chi connectivity index (χ3v) is 4.86. The van der Waals surface area contributed by atoms with Gasteiger partial charge in [-0.1, -0.05) is 25.1 Å². The van der Waals surface area contributed by atoms with Gasteiger partial charge in [-0.05, 0) is 37.6 Å². The summed E-state index contributed by atoms with van der Waals surface area (Å²) in [4.78, 5) is 20.6. The lowest BCUT2D eigenvalue weighted by Crippen LogP contribution is -2.17. The number of aromatic nitrogens is 4. The lowest BCUT2D eigenvalue weighted by molar-refractivity contribution is -0.142. The van der Waals surface area contributed by atoms with Gasteiger partial charge in [0.05, 0.1) is 23.9 Å². The van der Waals surface area contributed by atoms with Crippen molar-refractivity contribution >= 4 is 28.8 Å². The number of unbranched alkanes of at least 4 members (excludes halogenated alkanes) is 1. The van der Waals surface area contributed by atoms with Crippen molar-refractivity contribution in [3.8, 4) is 5.69 Å². The average molecular weight is 374 g/mol. The fraction of sp³-hybridized carbons (Fsp3) is 0.333. The SMILES string of the molecule is CCCCOC(=O)C(C)Sc1ncnc2c1cnn2-c1ccc(F)cc1. The minimum Gasteiger partial charge on any atom is -0.465 e. The van der Waals surface area contributed by atoms with Gasteiger partial charge in [-0.15, -0.1) is 0 Å². The van der Waals surface area contributed by atoms with Gasteiger partial charge in [0, 0.05) is 0 Å². The largest absolute Gasteiger partial charge is 0.465 e. The first-order chi connectivity index (χ1) is 12.6.